The molecule has 0 amide bonds. The van der Waals surface area contributed by atoms with Crippen molar-refractivity contribution in [1.82, 2.24) is 0 Å². The van der Waals surface area contributed by atoms with Crippen LogP contribution in [0.1, 0.15) is 112 Å². The Morgan fingerprint density at radius 2 is 1.53 bits per heavy atom. The molecule has 3 atom stereocenters. The topological polar surface area (TPSA) is 35.5 Å². The zero-order valence-corrected chi connectivity index (χ0v) is 27.7. The lowest BCUT2D eigenvalue weighted by atomic mass is 9.85. The van der Waals surface area contributed by atoms with Crippen molar-refractivity contribution in [3.63, 3.8) is 0 Å². The van der Waals surface area contributed by atoms with Crippen LogP contribution in [-0.2, 0) is 14.0 Å². The van der Waals surface area contributed by atoms with Gasteiger partial charge in [0.25, 0.3) is 0 Å². The van der Waals surface area contributed by atoms with Crippen LogP contribution >= 0.6 is 0 Å². The Bertz CT molecular complexity index is 700. The molecular weight excluding hydrogens is 477 g/mol. The molecule has 36 heavy (non-hydrogen) atoms. The first-order valence-electron chi connectivity index (χ1n) is 14.9. The van der Waals surface area contributed by atoms with Crippen LogP contribution in [0, 0.1) is 0 Å². The van der Waals surface area contributed by atoms with Crippen molar-refractivity contribution in [3.8, 4) is 0 Å². The number of hydrogen-bond acceptors (Lipinski definition) is 3. The highest BCUT2D eigenvalue weighted by molar-refractivity contribution is 6.83. The average Bonchev–Trinajstić information content (AvgIpc) is 2.75. The molecule has 3 nitrogen and oxygen atoms in total. The summed E-state index contributed by atoms with van der Waals surface area (Å²) in [6.45, 7) is 23.2. The van der Waals surface area contributed by atoms with Crippen molar-refractivity contribution in [3.05, 3.63) is 24.3 Å². The number of cyclic esters (lactones) is 1. The molecule has 0 N–H and O–H groups in total. The van der Waals surface area contributed by atoms with E-state index in [9.17, 15) is 4.79 Å². The number of allylic oxidation sites excluding steroid dienone is 3. The summed E-state index contributed by atoms with van der Waals surface area (Å²) in [6, 6.07) is 0. The first-order chi connectivity index (χ1) is 16.7. The van der Waals surface area contributed by atoms with Gasteiger partial charge in [-0.2, -0.15) is 0 Å². The largest absolute Gasteiger partial charge is 0.461 e. The minimum Gasteiger partial charge on any atom is -0.461 e. The standard InChI is InChI=1S/C31H60O3Si2/c1-11-13-15-17-18-19-20-21-22-24-27(34-36(9,10)30(3,4)5)26-28-31(29(32)33-28,35(6,7)8)25-23-16-14-12-2/h18-19,21-22,27-28H,11-17,20,23-26H2,1-10H3/b19-18-,22-21-/t27-,28+,31?/m1/s1. The maximum absolute atomic E-state index is 13.1. The summed E-state index contributed by atoms with van der Waals surface area (Å²) >= 11 is 0. The molecule has 1 heterocycles. The quantitative estimate of drug-likeness (QED) is 0.0756. The summed E-state index contributed by atoms with van der Waals surface area (Å²) in [5.41, 5.74) is 0. The van der Waals surface area contributed by atoms with E-state index in [0.29, 0.717) is 0 Å². The molecule has 0 aliphatic carbocycles. The van der Waals surface area contributed by atoms with Gasteiger partial charge in [-0.3, -0.25) is 4.79 Å². The smallest absolute Gasteiger partial charge is 0.313 e. The Kier molecular flexibility index (Phi) is 14.0. The van der Waals surface area contributed by atoms with Crippen LogP contribution in [0.15, 0.2) is 24.3 Å². The van der Waals surface area contributed by atoms with E-state index in [1.165, 1.54) is 44.9 Å². The number of carbonyl (C=O) groups excluding carboxylic acids is 1. The molecule has 0 spiro atoms. The zero-order chi connectivity index (χ0) is 27.5. The summed E-state index contributed by atoms with van der Waals surface area (Å²) < 4.78 is 12.9. The highest BCUT2D eigenvalue weighted by Crippen LogP contribution is 2.57. The predicted molar refractivity (Wildman–Crippen MR) is 163 cm³/mol. The van der Waals surface area contributed by atoms with Gasteiger partial charge < -0.3 is 9.16 Å². The lowest BCUT2D eigenvalue weighted by Crippen LogP contribution is -2.63. The van der Waals surface area contributed by atoms with E-state index >= 15 is 0 Å². The van der Waals surface area contributed by atoms with Gasteiger partial charge in [-0.15, -0.1) is 0 Å². The van der Waals surface area contributed by atoms with Gasteiger partial charge in [-0.05, 0) is 50.2 Å². The van der Waals surface area contributed by atoms with E-state index in [4.69, 9.17) is 9.16 Å². The Hall–Kier alpha value is -0.656. The summed E-state index contributed by atoms with van der Waals surface area (Å²) in [6.07, 6.45) is 22.8. The first kappa shape index (κ1) is 33.4. The van der Waals surface area contributed by atoms with Crippen molar-refractivity contribution >= 4 is 22.4 Å². The minimum atomic E-state index is -1.94. The van der Waals surface area contributed by atoms with Crippen LogP contribution in [0.25, 0.3) is 0 Å². The summed E-state index contributed by atoms with van der Waals surface area (Å²) in [5, 5.41) is -0.108. The van der Waals surface area contributed by atoms with Crippen LogP contribution in [-0.4, -0.2) is 34.6 Å². The van der Waals surface area contributed by atoms with Crippen LogP contribution in [0.4, 0.5) is 0 Å². The number of rotatable bonds is 18. The summed E-state index contributed by atoms with van der Waals surface area (Å²) in [4.78, 5) is 13.1. The van der Waals surface area contributed by atoms with Crippen LogP contribution in [0.3, 0.4) is 0 Å². The third kappa shape index (κ3) is 9.58. The summed E-state index contributed by atoms with van der Waals surface area (Å²) in [7, 11) is -3.72. The zero-order valence-electron chi connectivity index (χ0n) is 25.7. The van der Waals surface area contributed by atoms with E-state index in [1.807, 2.05) is 0 Å². The van der Waals surface area contributed by atoms with Gasteiger partial charge in [-0.25, -0.2) is 0 Å². The number of carbonyl (C=O) groups is 1. The van der Waals surface area contributed by atoms with Gasteiger partial charge in [0.1, 0.15) is 6.10 Å². The molecule has 0 bridgehead atoms. The fourth-order valence-electron chi connectivity index (χ4n) is 5.09. The second-order valence-corrected chi connectivity index (χ2v) is 23.7. The van der Waals surface area contributed by atoms with Crippen molar-refractivity contribution in [2.75, 3.05) is 0 Å². The lowest BCUT2D eigenvalue weighted by Gasteiger charge is -2.55. The molecule has 1 aliphatic heterocycles. The molecule has 1 unspecified atom stereocenters. The maximum Gasteiger partial charge on any atom is 0.313 e. The molecule has 210 valence electrons. The molecule has 0 saturated carbocycles. The summed E-state index contributed by atoms with van der Waals surface area (Å²) in [5.74, 6) is 0.0676. The number of hydrogen-bond donors (Lipinski definition) is 0. The molecule has 5 heteroatoms. The van der Waals surface area contributed by atoms with Gasteiger partial charge in [0.15, 0.2) is 8.32 Å². The molecule has 1 aliphatic rings. The highest BCUT2D eigenvalue weighted by Gasteiger charge is 2.64. The normalized spacial score (nSPS) is 22.3. The molecule has 0 aromatic carbocycles. The third-order valence-electron chi connectivity index (χ3n) is 8.65. The van der Waals surface area contributed by atoms with Gasteiger partial charge in [0.05, 0.1) is 19.2 Å². The second-order valence-electron chi connectivity index (χ2n) is 13.6. The van der Waals surface area contributed by atoms with Gasteiger partial charge in [0, 0.05) is 6.42 Å². The molecule has 1 rings (SSSR count). The highest BCUT2D eigenvalue weighted by atomic mass is 28.4. The van der Waals surface area contributed by atoms with Crippen molar-refractivity contribution < 1.29 is 14.0 Å². The van der Waals surface area contributed by atoms with Gasteiger partial charge >= 0.3 is 5.97 Å². The van der Waals surface area contributed by atoms with E-state index in [1.54, 1.807) is 0 Å². The second kappa shape index (κ2) is 15.1. The number of unbranched alkanes of at least 4 members (excludes halogenated alkanes) is 6. The van der Waals surface area contributed by atoms with Crippen molar-refractivity contribution in [2.24, 2.45) is 0 Å². The molecule has 0 radical (unpaired) electrons. The Morgan fingerprint density at radius 1 is 0.917 bits per heavy atom. The van der Waals surface area contributed by atoms with Gasteiger partial charge in [-0.1, -0.05) is 117 Å². The Balaban J connectivity index is 2.96. The van der Waals surface area contributed by atoms with E-state index in [-0.39, 0.29) is 28.3 Å². The van der Waals surface area contributed by atoms with Crippen molar-refractivity contribution in [1.29, 1.82) is 0 Å². The average molecular weight is 537 g/mol. The predicted octanol–water partition coefficient (Wildman–Crippen LogP) is 10.2. The monoisotopic (exact) mass is 536 g/mol. The van der Waals surface area contributed by atoms with Crippen LogP contribution < -0.4 is 0 Å². The minimum absolute atomic E-state index is 0.0000713. The van der Waals surface area contributed by atoms with E-state index < -0.39 is 16.4 Å². The lowest BCUT2D eigenvalue weighted by molar-refractivity contribution is -0.185. The molecule has 1 saturated heterocycles. The molecule has 0 aromatic heterocycles. The fraction of sp³-hybridized carbons (Fsp3) is 0.839. The van der Waals surface area contributed by atoms with E-state index in [2.05, 4.69) is 91.7 Å². The fourth-order valence-corrected chi connectivity index (χ4v) is 9.21. The molecular formula is C31H60O3Si2. The SMILES string of the molecule is CCCCC/C=C\C/C=C\C[C@H](C[C@@H]1OC(=O)C1(CCCCCC)[Si](C)(C)C)O[Si](C)(C)C(C)(C)C. The maximum atomic E-state index is 13.1. The Morgan fingerprint density at radius 3 is 2.08 bits per heavy atom. The van der Waals surface area contributed by atoms with E-state index in [0.717, 1.165) is 32.1 Å². The van der Waals surface area contributed by atoms with Gasteiger partial charge in [0.2, 0.25) is 0 Å². The first-order valence-corrected chi connectivity index (χ1v) is 21.3. The number of esters is 1. The molecule has 0 aromatic rings. The number of ether oxygens (including phenoxy) is 1. The molecule has 1 fully saturated rings. The van der Waals surface area contributed by atoms with Crippen LogP contribution in [0.5, 0.6) is 0 Å². The van der Waals surface area contributed by atoms with Crippen LogP contribution in [0.2, 0.25) is 42.8 Å². The Labute approximate surface area is 227 Å². The van der Waals surface area contributed by atoms with Crippen molar-refractivity contribution in [2.45, 2.75) is 167 Å². The third-order valence-corrected chi connectivity index (χ3v) is 16.6.